The highest BCUT2D eigenvalue weighted by Crippen LogP contribution is 2.17. The van der Waals surface area contributed by atoms with Crippen molar-refractivity contribution in [3.8, 4) is 0 Å². The van der Waals surface area contributed by atoms with Gasteiger partial charge in [-0.25, -0.2) is 8.42 Å². The molecule has 0 aliphatic rings. The minimum Gasteiger partial charge on any atom is -0.465 e. The van der Waals surface area contributed by atoms with Crippen LogP contribution in [0.1, 0.15) is 12.5 Å². The molecule has 0 saturated carbocycles. The number of sulfonamides is 1. The highest BCUT2D eigenvalue weighted by Gasteiger charge is 2.27. The van der Waals surface area contributed by atoms with Gasteiger partial charge in [-0.2, -0.15) is 13.1 Å². The third-order valence-corrected chi connectivity index (χ3v) is 5.30. The molecule has 0 amide bonds. The van der Waals surface area contributed by atoms with Gasteiger partial charge in [-0.15, -0.1) is 4.36 Å². The van der Waals surface area contributed by atoms with Crippen molar-refractivity contribution in [1.82, 2.24) is 4.72 Å². The average molecular weight is 410 g/mol. The average Bonchev–Trinajstić information content (AvgIpc) is 2.62. The van der Waals surface area contributed by atoms with Crippen LogP contribution in [0.2, 0.25) is 0 Å². The zero-order valence-electron chi connectivity index (χ0n) is 14.4. The molecule has 0 radical (unpaired) electrons. The second kappa shape index (κ2) is 9.40. The zero-order chi connectivity index (χ0) is 19.9. The zero-order valence-corrected chi connectivity index (χ0v) is 16.0. The first kappa shape index (κ1) is 20.7. The lowest BCUT2D eigenvalue weighted by Gasteiger charge is -2.17. The summed E-state index contributed by atoms with van der Waals surface area (Å²) in [4.78, 5) is 12.3. The predicted molar refractivity (Wildman–Crippen MR) is 98.3 cm³/mol. The van der Waals surface area contributed by atoms with E-state index in [1.165, 1.54) is 24.3 Å². The number of rotatable bonds is 8. The maximum Gasteiger partial charge on any atom is 0.324 e. The van der Waals surface area contributed by atoms with Crippen LogP contribution in [-0.4, -0.2) is 35.5 Å². The van der Waals surface area contributed by atoms with E-state index in [0.717, 1.165) is 0 Å². The molecule has 0 spiro atoms. The van der Waals surface area contributed by atoms with Gasteiger partial charge in [0.1, 0.15) is 6.04 Å². The van der Waals surface area contributed by atoms with Crippen LogP contribution in [0.25, 0.3) is 0 Å². The second-order valence-corrected chi connectivity index (χ2v) is 7.75. The largest absolute Gasteiger partial charge is 0.465 e. The van der Waals surface area contributed by atoms with E-state index in [0.29, 0.717) is 5.56 Å². The molecule has 0 heterocycles. The van der Waals surface area contributed by atoms with E-state index in [4.69, 9.17) is 4.74 Å². The number of esters is 1. The van der Waals surface area contributed by atoms with E-state index in [9.17, 15) is 21.6 Å². The normalized spacial score (nSPS) is 12.2. The smallest absolute Gasteiger partial charge is 0.324 e. The first-order chi connectivity index (χ1) is 12.8. The van der Waals surface area contributed by atoms with Crippen molar-refractivity contribution in [2.24, 2.45) is 4.36 Å². The van der Waals surface area contributed by atoms with Crippen LogP contribution in [0, 0.1) is 0 Å². The van der Waals surface area contributed by atoms with E-state index in [1.54, 1.807) is 37.3 Å². The number of nitrogens with one attached hydrogen (secondary N) is 1. The van der Waals surface area contributed by atoms with E-state index >= 15 is 0 Å². The standard InChI is InChI=1S/C17H18N2O6S2/c1-2-25-17(20)16(19-27(23,24)15-9-4-3-5-10-15)12-13-7-6-8-14(11-13)18-26(21)22/h3-11,16,19H,2,12H2,1H3. The SMILES string of the molecule is CCOC(=O)C(Cc1cccc(N=S(=O)=O)c1)NS(=O)(=O)c1ccccc1. The molecular weight excluding hydrogens is 392 g/mol. The molecule has 8 nitrogen and oxygen atoms in total. The van der Waals surface area contributed by atoms with Gasteiger partial charge in [-0.1, -0.05) is 30.3 Å². The topological polar surface area (TPSA) is 119 Å². The van der Waals surface area contributed by atoms with Crippen LogP contribution in [0.3, 0.4) is 0 Å². The Labute approximate surface area is 158 Å². The van der Waals surface area contributed by atoms with Crippen LogP contribution in [0.15, 0.2) is 63.9 Å². The van der Waals surface area contributed by atoms with Gasteiger partial charge in [0.15, 0.2) is 0 Å². The fraction of sp³-hybridized carbons (Fsp3) is 0.235. The first-order valence-corrected chi connectivity index (χ1v) is 10.5. The van der Waals surface area contributed by atoms with Crippen LogP contribution < -0.4 is 4.72 Å². The Morgan fingerprint density at radius 3 is 2.48 bits per heavy atom. The predicted octanol–water partition coefficient (Wildman–Crippen LogP) is 1.83. The van der Waals surface area contributed by atoms with Crippen LogP contribution in [-0.2, 0) is 36.5 Å². The van der Waals surface area contributed by atoms with Crippen molar-refractivity contribution in [2.45, 2.75) is 24.3 Å². The van der Waals surface area contributed by atoms with Crippen molar-refractivity contribution in [3.63, 3.8) is 0 Å². The molecule has 0 aliphatic carbocycles. The molecule has 1 unspecified atom stereocenters. The Bertz CT molecular complexity index is 1030. The molecule has 0 fully saturated rings. The molecule has 2 aromatic carbocycles. The van der Waals surface area contributed by atoms with E-state index < -0.39 is 32.5 Å². The van der Waals surface area contributed by atoms with Gasteiger partial charge < -0.3 is 4.74 Å². The van der Waals surface area contributed by atoms with Crippen molar-refractivity contribution < 1.29 is 26.4 Å². The molecule has 2 aromatic rings. The van der Waals surface area contributed by atoms with Gasteiger partial charge in [0.05, 0.1) is 17.2 Å². The Balaban J connectivity index is 2.30. The number of benzene rings is 2. The molecule has 27 heavy (non-hydrogen) atoms. The summed E-state index contributed by atoms with van der Waals surface area (Å²) in [6, 6.07) is 12.6. The molecule has 0 aliphatic heterocycles. The van der Waals surface area contributed by atoms with Crippen molar-refractivity contribution >= 4 is 32.2 Å². The summed E-state index contributed by atoms with van der Waals surface area (Å²) >= 11 is 0. The maximum absolute atomic E-state index is 12.5. The summed E-state index contributed by atoms with van der Waals surface area (Å²) < 4.78 is 57.2. The molecule has 0 saturated heterocycles. The molecule has 2 rings (SSSR count). The number of ether oxygens (including phenoxy) is 1. The third kappa shape index (κ3) is 6.27. The number of nitrogens with zero attached hydrogens (tertiary/aromatic N) is 1. The van der Waals surface area contributed by atoms with Gasteiger partial charge in [-0.3, -0.25) is 4.79 Å². The number of hydrogen-bond donors (Lipinski definition) is 1. The highest BCUT2D eigenvalue weighted by molar-refractivity contribution is 7.89. The summed E-state index contributed by atoms with van der Waals surface area (Å²) in [5.41, 5.74) is 0.699. The van der Waals surface area contributed by atoms with Gasteiger partial charge >= 0.3 is 16.5 Å². The second-order valence-electron chi connectivity index (χ2n) is 5.42. The Morgan fingerprint density at radius 2 is 1.85 bits per heavy atom. The molecule has 0 bridgehead atoms. The molecule has 0 aromatic heterocycles. The van der Waals surface area contributed by atoms with Crippen molar-refractivity contribution in [2.75, 3.05) is 6.61 Å². The third-order valence-electron chi connectivity index (χ3n) is 3.45. The van der Waals surface area contributed by atoms with E-state index in [2.05, 4.69) is 9.08 Å². The summed E-state index contributed by atoms with van der Waals surface area (Å²) in [6.45, 7) is 1.71. The van der Waals surface area contributed by atoms with Gasteiger partial charge in [0.2, 0.25) is 10.0 Å². The Morgan fingerprint density at radius 1 is 1.15 bits per heavy atom. The fourth-order valence-corrected chi connectivity index (χ4v) is 3.82. The summed E-state index contributed by atoms with van der Waals surface area (Å²) in [5.74, 6) is -0.730. The summed E-state index contributed by atoms with van der Waals surface area (Å²) in [5, 5.41) is 0. The maximum atomic E-state index is 12.5. The molecule has 10 heteroatoms. The Hall–Kier alpha value is -2.56. The number of carbonyl (C=O) groups excluding carboxylic acids is 1. The van der Waals surface area contributed by atoms with Gasteiger partial charge in [0.25, 0.3) is 0 Å². The van der Waals surface area contributed by atoms with Gasteiger partial charge in [-0.05, 0) is 43.2 Å². The fourth-order valence-electron chi connectivity index (χ4n) is 2.33. The lowest BCUT2D eigenvalue weighted by atomic mass is 10.1. The molecular formula is C17H18N2O6S2. The quantitative estimate of drug-likeness (QED) is 0.663. The lowest BCUT2D eigenvalue weighted by molar-refractivity contribution is -0.145. The highest BCUT2D eigenvalue weighted by atomic mass is 32.2. The summed E-state index contributed by atoms with van der Waals surface area (Å²) in [6.07, 6.45) is -0.0280. The minimum absolute atomic E-state index is 0.0183. The van der Waals surface area contributed by atoms with Crippen LogP contribution in [0.5, 0.6) is 0 Å². The lowest BCUT2D eigenvalue weighted by Crippen LogP contribution is -2.43. The molecule has 1 N–H and O–H groups in total. The number of carbonyl (C=O) groups is 1. The van der Waals surface area contributed by atoms with E-state index in [-0.39, 0.29) is 23.6 Å². The Kier molecular flexibility index (Phi) is 7.22. The minimum atomic E-state index is -3.94. The first-order valence-electron chi connectivity index (χ1n) is 7.96. The van der Waals surface area contributed by atoms with Gasteiger partial charge in [0, 0.05) is 0 Å². The van der Waals surface area contributed by atoms with E-state index in [1.807, 2.05) is 0 Å². The van der Waals surface area contributed by atoms with Crippen molar-refractivity contribution in [3.05, 3.63) is 60.2 Å². The van der Waals surface area contributed by atoms with Crippen LogP contribution in [0.4, 0.5) is 5.69 Å². The van der Waals surface area contributed by atoms with Crippen LogP contribution >= 0.6 is 0 Å². The molecule has 144 valence electrons. The number of hydrogen-bond acceptors (Lipinski definition) is 7. The summed E-state index contributed by atoms with van der Waals surface area (Å²) in [7, 11) is -6.56. The molecule has 1 atom stereocenters. The van der Waals surface area contributed by atoms with Crippen molar-refractivity contribution in [1.29, 1.82) is 0 Å². The monoisotopic (exact) mass is 410 g/mol.